The number of halogens is 1. The van der Waals surface area contributed by atoms with E-state index in [0.29, 0.717) is 0 Å². The van der Waals surface area contributed by atoms with Crippen LogP contribution in [-0.2, 0) is 0 Å². The van der Waals surface area contributed by atoms with E-state index in [1.165, 1.54) is 0 Å². The minimum Gasteiger partial charge on any atom is -0.312 e. The summed E-state index contributed by atoms with van der Waals surface area (Å²) in [6, 6.07) is 0. The summed E-state index contributed by atoms with van der Waals surface area (Å²) in [5, 5.41) is 0. The monoisotopic (exact) mass is 235 g/mol. The fourth-order valence-corrected chi connectivity index (χ4v) is 1.03. The second-order valence-corrected chi connectivity index (χ2v) is 2.12. The summed E-state index contributed by atoms with van der Waals surface area (Å²) in [6.07, 6.45) is 3.33. The lowest BCUT2D eigenvalue weighted by Gasteiger charge is -1.97. The topological polar surface area (TPSA) is 37.8 Å². The fraction of sp³-hybridized carbons (Fsp3) is 0.200. The Morgan fingerprint density at radius 2 is 2.11 bits per heavy atom. The normalized spacial score (nSPS) is 9.11. The number of hydrogen-bond acceptors (Lipinski definition) is 3. The zero-order valence-electron chi connectivity index (χ0n) is 4.93. The van der Waals surface area contributed by atoms with E-state index in [1.807, 2.05) is 29.8 Å². The van der Waals surface area contributed by atoms with Crippen LogP contribution < -0.4 is 3.53 Å². The van der Waals surface area contributed by atoms with Gasteiger partial charge in [0.05, 0.1) is 28.6 Å². The number of aromatic nitrogens is 2. The Kier molecular flexibility index (Phi) is 2.21. The van der Waals surface area contributed by atoms with Gasteiger partial charge in [0.1, 0.15) is 0 Å². The molecule has 0 bridgehead atoms. The molecular weight excluding hydrogens is 229 g/mol. The highest BCUT2D eigenvalue weighted by Crippen LogP contribution is 2.06. The molecule has 0 atom stereocenters. The van der Waals surface area contributed by atoms with Crippen LogP contribution in [0.15, 0.2) is 12.4 Å². The van der Waals surface area contributed by atoms with E-state index in [0.717, 1.165) is 11.5 Å². The maximum absolute atomic E-state index is 4.02. The molecule has 1 heterocycles. The summed E-state index contributed by atoms with van der Waals surface area (Å²) in [5.74, 6) is 0.832. The Balaban J connectivity index is 3.01. The lowest BCUT2D eigenvalue weighted by Crippen LogP contribution is -1.90. The van der Waals surface area contributed by atoms with Gasteiger partial charge in [0.15, 0.2) is 5.82 Å². The molecule has 0 aromatic carbocycles. The standard InChI is InChI=1S/C5H6IN3/c1-4-5(9-6)8-3-2-7-4/h2-3H,1H3,(H,8,9). The third-order valence-corrected chi connectivity index (χ3v) is 1.48. The highest BCUT2D eigenvalue weighted by Gasteiger charge is 1.93. The molecule has 0 aliphatic carbocycles. The molecule has 0 spiro atoms. The summed E-state index contributed by atoms with van der Waals surface area (Å²) in [4.78, 5) is 8.04. The van der Waals surface area contributed by atoms with Gasteiger partial charge in [0.2, 0.25) is 0 Å². The zero-order chi connectivity index (χ0) is 6.69. The van der Waals surface area contributed by atoms with Crippen LogP contribution in [0, 0.1) is 6.92 Å². The third kappa shape index (κ3) is 1.51. The van der Waals surface area contributed by atoms with Crippen LogP contribution in [0.2, 0.25) is 0 Å². The van der Waals surface area contributed by atoms with Crippen molar-refractivity contribution in [2.24, 2.45) is 0 Å². The quantitative estimate of drug-likeness (QED) is 0.592. The highest BCUT2D eigenvalue weighted by molar-refractivity contribution is 14.1. The number of hydrogen-bond donors (Lipinski definition) is 1. The average molecular weight is 235 g/mol. The molecule has 1 aromatic heterocycles. The average Bonchev–Trinajstić information content (AvgIpc) is 1.89. The Hall–Kier alpha value is -0.390. The lowest BCUT2D eigenvalue weighted by molar-refractivity contribution is 1.13. The molecule has 0 aliphatic heterocycles. The van der Waals surface area contributed by atoms with Crippen molar-refractivity contribution in [3.63, 3.8) is 0 Å². The van der Waals surface area contributed by atoms with E-state index >= 15 is 0 Å². The van der Waals surface area contributed by atoms with Crippen molar-refractivity contribution in [3.8, 4) is 0 Å². The Labute approximate surface area is 67.4 Å². The van der Waals surface area contributed by atoms with Gasteiger partial charge in [-0.15, -0.1) is 0 Å². The van der Waals surface area contributed by atoms with Gasteiger partial charge in [-0.2, -0.15) is 0 Å². The SMILES string of the molecule is Cc1nccnc1NI. The number of rotatable bonds is 1. The Morgan fingerprint density at radius 3 is 2.56 bits per heavy atom. The van der Waals surface area contributed by atoms with Crippen LogP contribution in [0.1, 0.15) is 5.69 Å². The van der Waals surface area contributed by atoms with Gasteiger partial charge in [0, 0.05) is 12.4 Å². The van der Waals surface area contributed by atoms with Crippen LogP contribution >= 0.6 is 22.9 Å². The van der Waals surface area contributed by atoms with E-state index in [-0.39, 0.29) is 0 Å². The number of aryl methyl sites for hydroxylation is 1. The Morgan fingerprint density at radius 1 is 1.44 bits per heavy atom. The first-order valence-electron chi connectivity index (χ1n) is 2.49. The summed E-state index contributed by atoms with van der Waals surface area (Å²) < 4.78 is 2.89. The van der Waals surface area contributed by atoms with Crippen LogP contribution in [0.4, 0.5) is 5.82 Å². The summed E-state index contributed by atoms with van der Waals surface area (Å²) in [5.41, 5.74) is 0.923. The summed E-state index contributed by atoms with van der Waals surface area (Å²) in [6.45, 7) is 1.91. The van der Waals surface area contributed by atoms with E-state index in [2.05, 4.69) is 13.5 Å². The van der Waals surface area contributed by atoms with Crippen molar-refractivity contribution in [2.45, 2.75) is 6.92 Å². The molecule has 3 nitrogen and oxygen atoms in total. The van der Waals surface area contributed by atoms with Gasteiger partial charge in [-0.05, 0) is 6.92 Å². The molecule has 9 heavy (non-hydrogen) atoms. The van der Waals surface area contributed by atoms with Gasteiger partial charge in [0.25, 0.3) is 0 Å². The van der Waals surface area contributed by atoms with E-state index < -0.39 is 0 Å². The van der Waals surface area contributed by atoms with Gasteiger partial charge in [-0.3, -0.25) is 4.98 Å². The van der Waals surface area contributed by atoms with Gasteiger partial charge in [-0.25, -0.2) is 4.98 Å². The first kappa shape index (κ1) is 6.73. The van der Waals surface area contributed by atoms with Crippen LogP contribution in [0.5, 0.6) is 0 Å². The van der Waals surface area contributed by atoms with Crippen LogP contribution in [-0.4, -0.2) is 9.97 Å². The van der Waals surface area contributed by atoms with Gasteiger partial charge >= 0.3 is 0 Å². The van der Waals surface area contributed by atoms with Crippen molar-refractivity contribution in [2.75, 3.05) is 3.53 Å². The molecule has 0 amide bonds. The summed E-state index contributed by atoms with van der Waals surface area (Å²) in [7, 11) is 0. The molecule has 1 N–H and O–H groups in total. The maximum Gasteiger partial charge on any atom is 0.156 e. The van der Waals surface area contributed by atoms with Gasteiger partial charge < -0.3 is 3.53 Å². The Bertz CT molecular complexity index is 201. The molecule has 0 unspecified atom stereocenters. The second-order valence-electron chi connectivity index (χ2n) is 1.58. The van der Waals surface area contributed by atoms with Crippen molar-refractivity contribution in [1.82, 2.24) is 9.97 Å². The number of nitrogens with one attached hydrogen (secondary N) is 1. The molecular formula is C5H6IN3. The minimum atomic E-state index is 0.832. The van der Waals surface area contributed by atoms with Crippen molar-refractivity contribution >= 4 is 28.7 Å². The zero-order valence-corrected chi connectivity index (χ0v) is 7.08. The van der Waals surface area contributed by atoms with Crippen molar-refractivity contribution in [3.05, 3.63) is 18.1 Å². The molecule has 48 valence electrons. The first-order valence-corrected chi connectivity index (χ1v) is 3.56. The predicted molar refractivity (Wildman–Crippen MR) is 44.4 cm³/mol. The molecule has 0 aliphatic rings. The minimum absolute atomic E-state index is 0.832. The number of anilines is 1. The molecule has 4 heteroatoms. The molecule has 0 saturated heterocycles. The third-order valence-electron chi connectivity index (χ3n) is 0.971. The lowest BCUT2D eigenvalue weighted by atomic mass is 10.5. The van der Waals surface area contributed by atoms with E-state index in [4.69, 9.17) is 0 Å². The molecule has 0 saturated carbocycles. The molecule has 1 aromatic rings. The number of nitrogens with zero attached hydrogens (tertiary/aromatic N) is 2. The predicted octanol–water partition coefficient (Wildman–Crippen LogP) is 1.55. The fourth-order valence-electron chi connectivity index (χ4n) is 0.500. The molecule has 0 fully saturated rings. The van der Waals surface area contributed by atoms with E-state index in [9.17, 15) is 0 Å². The highest BCUT2D eigenvalue weighted by atomic mass is 127. The molecule has 1 rings (SSSR count). The van der Waals surface area contributed by atoms with Crippen LogP contribution in [0.3, 0.4) is 0 Å². The first-order chi connectivity index (χ1) is 4.34. The van der Waals surface area contributed by atoms with Crippen molar-refractivity contribution < 1.29 is 0 Å². The summed E-state index contributed by atoms with van der Waals surface area (Å²) >= 11 is 2.03. The van der Waals surface area contributed by atoms with Crippen LogP contribution in [0.25, 0.3) is 0 Å². The maximum atomic E-state index is 4.02. The second kappa shape index (κ2) is 2.95. The van der Waals surface area contributed by atoms with Gasteiger partial charge in [-0.1, -0.05) is 0 Å². The largest absolute Gasteiger partial charge is 0.312 e. The van der Waals surface area contributed by atoms with Crippen molar-refractivity contribution in [1.29, 1.82) is 0 Å². The molecule has 0 radical (unpaired) electrons. The smallest absolute Gasteiger partial charge is 0.156 e. The van der Waals surface area contributed by atoms with E-state index in [1.54, 1.807) is 12.4 Å².